The maximum atomic E-state index is 10.9. The quantitative estimate of drug-likeness (QED) is 0.641. The average molecular weight is 244 g/mol. The number of rotatable bonds is 2. The second-order valence-corrected chi connectivity index (χ2v) is 3.79. The Morgan fingerprint density at radius 3 is 2.94 bits per heavy atom. The third kappa shape index (κ3) is 1.51. The van der Waals surface area contributed by atoms with E-state index in [1.807, 2.05) is 0 Å². The number of fused-ring (bicyclic) bond motifs is 1. The van der Waals surface area contributed by atoms with Gasteiger partial charge in [0, 0.05) is 10.9 Å². The lowest BCUT2D eigenvalue weighted by atomic mass is 10.2. The third-order valence-corrected chi connectivity index (χ3v) is 2.62. The van der Waals surface area contributed by atoms with Gasteiger partial charge in [-0.2, -0.15) is 0 Å². The molecule has 90 valence electrons. The van der Waals surface area contributed by atoms with Gasteiger partial charge in [0.15, 0.2) is 17.8 Å². The number of benzene rings is 1. The summed E-state index contributed by atoms with van der Waals surface area (Å²) in [5, 5.41) is 19.1. The minimum Gasteiger partial charge on any atom is -0.508 e. The summed E-state index contributed by atoms with van der Waals surface area (Å²) in [4.78, 5) is 17.6. The number of aromatic amines is 1. The van der Waals surface area contributed by atoms with Crippen molar-refractivity contribution in [2.45, 2.75) is 0 Å². The first-order valence-electron chi connectivity index (χ1n) is 5.14. The number of aromatic nitrogens is 2. The van der Waals surface area contributed by atoms with Crippen LogP contribution in [0, 0.1) is 0 Å². The molecule has 0 fully saturated rings. The summed E-state index contributed by atoms with van der Waals surface area (Å²) in [6.07, 6.45) is 1.09. The molecule has 0 aliphatic heterocycles. The van der Waals surface area contributed by atoms with Gasteiger partial charge in [0.05, 0.1) is 5.69 Å². The number of nitrogens with one attached hydrogen (secondary N) is 1. The molecule has 0 atom stereocenters. The Morgan fingerprint density at radius 2 is 2.17 bits per heavy atom. The zero-order valence-corrected chi connectivity index (χ0v) is 9.04. The standard InChI is InChI=1S/C12H8N2O4/c15-7-1-2-8-6(3-7)4-9(14-8)11-10(12(16)17)13-5-18-11/h1-5,14-15H,(H,16,17). The van der Waals surface area contributed by atoms with E-state index in [2.05, 4.69) is 9.97 Å². The van der Waals surface area contributed by atoms with Crippen molar-refractivity contribution in [2.75, 3.05) is 0 Å². The lowest BCUT2D eigenvalue weighted by Crippen LogP contribution is -1.98. The number of carboxylic acid groups (broad SMARTS) is 1. The number of aromatic carboxylic acids is 1. The molecule has 3 N–H and O–H groups in total. The zero-order valence-electron chi connectivity index (χ0n) is 9.04. The van der Waals surface area contributed by atoms with E-state index < -0.39 is 5.97 Å². The number of hydrogen-bond acceptors (Lipinski definition) is 4. The molecule has 0 saturated heterocycles. The number of phenols is 1. The molecule has 18 heavy (non-hydrogen) atoms. The van der Waals surface area contributed by atoms with Crippen LogP contribution in [-0.4, -0.2) is 26.2 Å². The lowest BCUT2D eigenvalue weighted by Gasteiger charge is -1.92. The Morgan fingerprint density at radius 1 is 1.33 bits per heavy atom. The second kappa shape index (κ2) is 3.63. The molecule has 1 aromatic carbocycles. The molecule has 0 aliphatic rings. The summed E-state index contributed by atoms with van der Waals surface area (Å²) in [5.41, 5.74) is 1.13. The van der Waals surface area contributed by atoms with Gasteiger partial charge in [-0.15, -0.1) is 0 Å². The molecule has 2 aromatic heterocycles. The van der Waals surface area contributed by atoms with Gasteiger partial charge < -0.3 is 19.6 Å². The van der Waals surface area contributed by atoms with E-state index in [1.165, 1.54) is 0 Å². The number of aromatic hydroxyl groups is 1. The van der Waals surface area contributed by atoms with Gasteiger partial charge in [-0.25, -0.2) is 9.78 Å². The van der Waals surface area contributed by atoms with Gasteiger partial charge >= 0.3 is 5.97 Å². The smallest absolute Gasteiger partial charge is 0.358 e. The number of phenolic OH excluding ortho intramolecular Hbond substituents is 1. The van der Waals surface area contributed by atoms with Gasteiger partial charge in [-0.3, -0.25) is 0 Å². The predicted molar refractivity (Wildman–Crippen MR) is 62.4 cm³/mol. The predicted octanol–water partition coefficient (Wildman–Crippen LogP) is 2.23. The van der Waals surface area contributed by atoms with Crippen molar-refractivity contribution >= 4 is 16.9 Å². The Bertz CT molecular complexity index is 741. The molecular weight excluding hydrogens is 236 g/mol. The van der Waals surface area contributed by atoms with Gasteiger partial charge in [0.2, 0.25) is 0 Å². The van der Waals surface area contributed by atoms with Crippen LogP contribution >= 0.6 is 0 Å². The van der Waals surface area contributed by atoms with Crippen LogP contribution in [0.5, 0.6) is 5.75 Å². The highest BCUT2D eigenvalue weighted by Gasteiger charge is 2.18. The molecular formula is C12H8N2O4. The van der Waals surface area contributed by atoms with E-state index in [1.54, 1.807) is 24.3 Å². The van der Waals surface area contributed by atoms with Crippen LogP contribution in [0.2, 0.25) is 0 Å². The summed E-state index contributed by atoms with van der Waals surface area (Å²) < 4.78 is 5.09. The molecule has 0 spiro atoms. The molecule has 0 radical (unpaired) electrons. The zero-order chi connectivity index (χ0) is 12.7. The van der Waals surface area contributed by atoms with Crippen molar-refractivity contribution in [3.8, 4) is 17.2 Å². The monoisotopic (exact) mass is 244 g/mol. The SMILES string of the molecule is O=C(O)c1ncoc1-c1cc2cc(O)ccc2[nH]1. The third-order valence-electron chi connectivity index (χ3n) is 2.62. The number of carbonyl (C=O) groups is 1. The fourth-order valence-electron chi connectivity index (χ4n) is 1.83. The minimum absolute atomic E-state index is 0.143. The first-order valence-corrected chi connectivity index (χ1v) is 5.14. The second-order valence-electron chi connectivity index (χ2n) is 3.79. The average Bonchev–Trinajstić information content (AvgIpc) is 2.93. The Balaban J connectivity index is 2.19. The van der Waals surface area contributed by atoms with Crippen LogP contribution in [-0.2, 0) is 0 Å². The van der Waals surface area contributed by atoms with Crippen molar-refractivity contribution in [3.05, 3.63) is 36.4 Å². The lowest BCUT2D eigenvalue weighted by molar-refractivity contribution is 0.0691. The summed E-state index contributed by atoms with van der Waals surface area (Å²) in [6, 6.07) is 6.51. The maximum absolute atomic E-state index is 10.9. The molecule has 0 saturated carbocycles. The summed E-state index contributed by atoms with van der Waals surface area (Å²) >= 11 is 0. The van der Waals surface area contributed by atoms with Crippen molar-refractivity contribution in [2.24, 2.45) is 0 Å². The number of carboxylic acids is 1. The molecule has 3 rings (SSSR count). The van der Waals surface area contributed by atoms with Crippen molar-refractivity contribution in [1.82, 2.24) is 9.97 Å². The minimum atomic E-state index is -1.15. The first-order chi connectivity index (χ1) is 8.65. The van der Waals surface area contributed by atoms with Gasteiger partial charge in [0.1, 0.15) is 5.75 Å². The topological polar surface area (TPSA) is 99.3 Å². The summed E-state index contributed by atoms with van der Waals surface area (Å²) in [7, 11) is 0. The first kappa shape index (κ1) is 10.4. The van der Waals surface area contributed by atoms with Crippen LogP contribution in [0.15, 0.2) is 35.1 Å². The maximum Gasteiger partial charge on any atom is 0.358 e. The van der Waals surface area contributed by atoms with Crippen LogP contribution in [0.25, 0.3) is 22.4 Å². The number of hydrogen-bond donors (Lipinski definition) is 3. The fourth-order valence-corrected chi connectivity index (χ4v) is 1.83. The number of nitrogens with zero attached hydrogens (tertiary/aromatic N) is 1. The highest BCUT2D eigenvalue weighted by Crippen LogP contribution is 2.28. The molecule has 0 unspecified atom stereocenters. The summed E-state index contributed by atoms with van der Waals surface area (Å²) in [5.74, 6) is -0.845. The van der Waals surface area contributed by atoms with E-state index in [0.29, 0.717) is 5.69 Å². The molecule has 3 aromatic rings. The molecule has 0 amide bonds. The van der Waals surface area contributed by atoms with Gasteiger partial charge in [-0.1, -0.05) is 0 Å². The van der Waals surface area contributed by atoms with Crippen LogP contribution < -0.4 is 0 Å². The number of oxazole rings is 1. The van der Waals surface area contributed by atoms with Crippen molar-refractivity contribution in [3.63, 3.8) is 0 Å². The Labute approximate surface area is 101 Å². The van der Waals surface area contributed by atoms with E-state index in [-0.39, 0.29) is 17.2 Å². The van der Waals surface area contributed by atoms with E-state index >= 15 is 0 Å². The van der Waals surface area contributed by atoms with Crippen LogP contribution in [0.3, 0.4) is 0 Å². The van der Waals surface area contributed by atoms with Gasteiger partial charge in [-0.05, 0) is 24.3 Å². The summed E-state index contributed by atoms with van der Waals surface area (Å²) in [6.45, 7) is 0. The van der Waals surface area contributed by atoms with E-state index in [4.69, 9.17) is 9.52 Å². The highest BCUT2D eigenvalue weighted by molar-refractivity contribution is 5.94. The fraction of sp³-hybridized carbons (Fsp3) is 0. The Kier molecular flexibility index (Phi) is 2.09. The normalized spacial score (nSPS) is 10.9. The molecule has 2 heterocycles. The van der Waals surface area contributed by atoms with Crippen LogP contribution in [0.1, 0.15) is 10.5 Å². The van der Waals surface area contributed by atoms with Gasteiger partial charge in [0.25, 0.3) is 0 Å². The van der Waals surface area contributed by atoms with E-state index in [0.717, 1.165) is 17.3 Å². The molecule has 6 nitrogen and oxygen atoms in total. The van der Waals surface area contributed by atoms with Crippen molar-refractivity contribution < 1.29 is 19.4 Å². The molecule has 0 bridgehead atoms. The number of H-pyrrole nitrogens is 1. The van der Waals surface area contributed by atoms with Crippen molar-refractivity contribution in [1.29, 1.82) is 0 Å². The van der Waals surface area contributed by atoms with Crippen LogP contribution in [0.4, 0.5) is 0 Å². The molecule has 6 heteroatoms. The largest absolute Gasteiger partial charge is 0.508 e. The Hall–Kier alpha value is -2.76. The van der Waals surface area contributed by atoms with E-state index in [9.17, 15) is 9.90 Å². The molecule has 0 aliphatic carbocycles. The highest BCUT2D eigenvalue weighted by atomic mass is 16.4.